The van der Waals surface area contributed by atoms with Crippen molar-refractivity contribution in [2.24, 2.45) is 0 Å². The van der Waals surface area contributed by atoms with E-state index in [0.29, 0.717) is 0 Å². The summed E-state index contributed by atoms with van der Waals surface area (Å²) >= 11 is 0. The Kier molecular flexibility index (Phi) is 5.98. The maximum atomic E-state index is 12.2. The Labute approximate surface area is 125 Å². The summed E-state index contributed by atoms with van der Waals surface area (Å²) in [6.07, 6.45) is 0.869. The molecule has 2 rings (SSSR count). The Hall–Kier alpha value is -1.11. The zero-order valence-electron chi connectivity index (χ0n) is 11.3. The highest BCUT2D eigenvalue weighted by molar-refractivity contribution is 7.91. The van der Waals surface area contributed by atoms with Gasteiger partial charge in [-0.15, -0.1) is 12.4 Å². The van der Waals surface area contributed by atoms with Gasteiger partial charge in [0.2, 0.25) is 0 Å². The second-order valence-corrected chi connectivity index (χ2v) is 6.81. The van der Waals surface area contributed by atoms with E-state index in [1.54, 1.807) is 25.1 Å². The van der Waals surface area contributed by atoms with Gasteiger partial charge in [0.25, 0.3) is 5.91 Å². The molecule has 1 saturated heterocycles. The molecule has 1 aromatic carbocycles. The number of nitrogens with one attached hydrogen (secondary N) is 2. The standard InChI is InChI=1S/C13H18N2O3S.ClH/c1-2-19(17,18)12-6-4-3-5-11(12)13(16)15-10-7-8-14-9-10;/h3-6,10,14H,2,7-9H2,1H3,(H,15,16);1H. The average molecular weight is 319 g/mol. The summed E-state index contributed by atoms with van der Waals surface area (Å²) in [5.41, 5.74) is 0.233. The van der Waals surface area contributed by atoms with Crippen molar-refractivity contribution in [1.82, 2.24) is 10.6 Å². The van der Waals surface area contributed by atoms with Crippen molar-refractivity contribution in [2.75, 3.05) is 18.8 Å². The molecule has 1 aromatic rings. The molecule has 0 aliphatic carbocycles. The van der Waals surface area contributed by atoms with E-state index < -0.39 is 9.84 Å². The van der Waals surface area contributed by atoms with Crippen molar-refractivity contribution in [3.05, 3.63) is 29.8 Å². The summed E-state index contributed by atoms with van der Waals surface area (Å²) in [6.45, 7) is 3.18. The van der Waals surface area contributed by atoms with Gasteiger partial charge in [-0.25, -0.2) is 8.42 Å². The summed E-state index contributed by atoms with van der Waals surface area (Å²) in [5.74, 6) is -0.330. The van der Waals surface area contributed by atoms with E-state index in [-0.39, 0.29) is 40.6 Å². The molecule has 1 atom stereocenters. The number of rotatable bonds is 4. The highest BCUT2D eigenvalue weighted by Gasteiger charge is 2.23. The molecule has 1 aliphatic heterocycles. The molecule has 0 radical (unpaired) electrons. The summed E-state index contributed by atoms with van der Waals surface area (Å²) in [4.78, 5) is 12.3. The van der Waals surface area contributed by atoms with E-state index >= 15 is 0 Å². The van der Waals surface area contributed by atoms with Gasteiger partial charge in [-0.3, -0.25) is 4.79 Å². The number of sulfone groups is 1. The molecule has 7 heteroatoms. The first-order valence-electron chi connectivity index (χ1n) is 6.38. The lowest BCUT2D eigenvalue weighted by molar-refractivity contribution is 0.0936. The van der Waals surface area contributed by atoms with Crippen molar-refractivity contribution in [3.63, 3.8) is 0 Å². The predicted molar refractivity (Wildman–Crippen MR) is 80.2 cm³/mol. The van der Waals surface area contributed by atoms with Gasteiger partial charge in [0.05, 0.1) is 16.2 Å². The second-order valence-electron chi connectivity index (χ2n) is 4.56. The Morgan fingerprint density at radius 3 is 2.70 bits per heavy atom. The van der Waals surface area contributed by atoms with Gasteiger partial charge in [-0.05, 0) is 25.1 Å². The van der Waals surface area contributed by atoms with Crippen LogP contribution in [0.3, 0.4) is 0 Å². The van der Waals surface area contributed by atoms with E-state index in [1.807, 2.05) is 0 Å². The summed E-state index contributed by atoms with van der Waals surface area (Å²) in [5, 5.41) is 6.02. The highest BCUT2D eigenvalue weighted by atomic mass is 35.5. The predicted octanol–water partition coefficient (Wildman–Crippen LogP) is 0.994. The van der Waals surface area contributed by atoms with Gasteiger partial charge in [-0.1, -0.05) is 19.1 Å². The largest absolute Gasteiger partial charge is 0.348 e. The van der Waals surface area contributed by atoms with Crippen LogP contribution in [0.2, 0.25) is 0 Å². The van der Waals surface area contributed by atoms with Gasteiger partial charge >= 0.3 is 0 Å². The van der Waals surface area contributed by atoms with E-state index in [4.69, 9.17) is 0 Å². The molecule has 0 saturated carbocycles. The number of carbonyl (C=O) groups is 1. The number of hydrogen-bond acceptors (Lipinski definition) is 4. The van der Waals surface area contributed by atoms with Crippen LogP contribution in [0, 0.1) is 0 Å². The molecule has 0 bridgehead atoms. The minimum absolute atomic E-state index is 0. The highest BCUT2D eigenvalue weighted by Crippen LogP contribution is 2.17. The molecular formula is C13H19ClN2O3S. The lowest BCUT2D eigenvalue weighted by atomic mass is 10.2. The van der Waals surface area contributed by atoms with Gasteiger partial charge in [0, 0.05) is 12.6 Å². The van der Waals surface area contributed by atoms with Gasteiger partial charge in [-0.2, -0.15) is 0 Å². The van der Waals surface area contributed by atoms with Crippen LogP contribution >= 0.6 is 12.4 Å². The maximum absolute atomic E-state index is 12.2. The fourth-order valence-electron chi connectivity index (χ4n) is 2.12. The van der Waals surface area contributed by atoms with E-state index in [9.17, 15) is 13.2 Å². The van der Waals surface area contributed by atoms with Crippen LogP contribution in [-0.4, -0.2) is 39.2 Å². The molecule has 5 nitrogen and oxygen atoms in total. The maximum Gasteiger partial charge on any atom is 0.252 e. The van der Waals surface area contributed by atoms with Crippen LogP contribution in [0.15, 0.2) is 29.2 Å². The second kappa shape index (κ2) is 7.06. The molecule has 0 spiro atoms. The van der Waals surface area contributed by atoms with Gasteiger partial charge in [0.15, 0.2) is 9.84 Å². The fourth-order valence-corrected chi connectivity index (χ4v) is 3.21. The van der Waals surface area contributed by atoms with Crippen LogP contribution < -0.4 is 10.6 Å². The zero-order valence-corrected chi connectivity index (χ0v) is 12.9. The monoisotopic (exact) mass is 318 g/mol. The molecule has 1 amide bonds. The Morgan fingerprint density at radius 2 is 2.10 bits per heavy atom. The SMILES string of the molecule is CCS(=O)(=O)c1ccccc1C(=O)NC1CCNC1.Cl. The van der Waals surface area contributed by atoms with Crippen molar-refractivity contribution < 1.29 is 13.2 Å². The van der Waals surface area contributed by atoms with Crippen molar-refractivity contribution in [1.29, 1.82) is 0 Å². The normalized spacial score (nSPS) is 18.4. The molecule has 1 unspecified atom stereocenters. The first-order chi connectivity index (χ1) is 9.04. The lowest BCUT2D eigenvalue weighted by Crippen LogP contribution is -2.36. The van der Waals surface area contributed by atoms with Crippen LogP contribution in [0.1, 0.15) is 23.7 Å². The third-order valence-corrected chi connectivity index (χ3v) is 5.03. The number of carbonyl (C=O) groups excluding carboxylic acids is 1. The van der Waals surface area contributed by atoms with Crippen LogP contribution in [0.5, 0.6) is 0 Å². The first-order valence-corrected chi connectivity index (χ1v) is 8.03. The van der Waals surface area contributed by atoms with E-state index in [1.165, 1.54) is 6.07 Å². The summed E-state index contributed by atoms with van der Waals surface area (Å²) in [6, 6.07) is 6.43. The fraction of sp³-hybridized carbons (Fsp3) is 0.462. The molecule has 0 aromatic heterocycles. The molecular weight excluding hydrogens is 300 g/mol. The minimum Gasteiger partial charge on any atom is -0.348 e. The first kappa shape index (κ1) is 16.9. The summed E-state index contributed by atoms with van der Waals surface area (Å²) in [7, 11) is -3.38. The Balaban J connectivity index is 0.00000200. The van der Waals surface area contributed by atoms with Crippen molar-refractivity contribution in [2.45, 2.75) is 24.3 Å². The van der Waals surface area contributed by atoms with Crippen LogP contribution in [-0.2, 0) is 9.84 Å². The van der Waals surface area contributed by atoms with E-state index in [0.717, 1.165) is 19.5 Å². The van der Waals surface area contributed by atoms with Gasteiger partial charge in [0.1, 0.15) is 0 Å². The smallest absolute Gasteiger partial charge is 0.252 e. The molecule has 1 heterocycles. The van der Waals surface area contributed by atoms with Crippen LogP contribution in [0.4, 0.5) is 0 Å². The number of halogens is 1. The van der Waals surface area contributed by atoms with E-state index in [2.05, 4.69) is 10.6 Å². The lowest BCUT2D eigenvalue weighted by Gasteiger charge is -2.13. The minimum atomic E-state index is -3.38. The van der Waals surface area contributed by atoms with Crippen molar-refractivity contribution >= 4 is 28.2 Å². The third kappa shape index (κ3) is 3.71. The van der Waals surface area contributed by atoms with Crippen LogP contribution in [0.25, 0.3) is 0 Å². The molecule has 1 aliphatic rings. The Morgan fingerprint density at radius 1 is 1.40 bits per heavy atom. The average Bonchev–Trinajstić information content (AvgIpc) is 2.91. The third-order valence-electron chi connectivity index (χ3n) is 3.24. The van der Waals surface area contributed by atoms with Gasteiger partial charge < -0.3 is 10.6 Å². The molecule has 20 heavy (non-hydrogen) atoms. The molecule has 1 fully saturated rings. The number of amides is 1. The zero-order chi connectivity index (χ0) is 13.9. The quantitative estimate of drug-likeness (QED) is 0.868. The number of benzene rings is 1. The summed E-state index contributed by atoms with van der Waals surface area (Å²) < 4.78 is 23.9. The number of hydrogen-bond donors (Lipinski definition) is 2. The topological polar surface area (TPSA) is 75.3 Å². The van der Waals surface area contributed by atoms with Crippen molar-refractivity contribution in [3.8, 4) is 0 Å². The molecule has 2 N–H and O–H groups in total. The molecule has 112 valence electrons. The Bertz CT molecular complexity index is 569.